The molecule has 0 bridgehead atoms. The number of amides is 1. The minimum atomic E-state index is -0.948. The highest BCUT2D eigenvalue weighted by Crippen LogP contribution is 2.45. The lowest BCUT2D eigenvalue weighted by atomic mass is 10.1. The van der Waals surface area contributed by atoms with Gasteiger partial charge in [0.2, 0.25) is 5.91 Å². The van der Waals surface area contributed by atoms with Crippen molar-refractivity contribution in [1.82, 2.24) is 0 Å². The fourth-order valence-electron chi connectivity index (χ4n) is 2.02. The molecule has 0 spiro atoms. The quantitative estimate of drug-likeness (QED) is 0.893. The first-order valence-corrected chi connectivity index (χ1v) is 6.57. The zero-order valence-corrected chi connectivity index (χ0v) is 11.4. The van der Waals surface area contributed by atoms with Gasteiger partial charge < -0.3 is 10.0 Å². The van der Waals surface area contributed by atoms with Gasteiger partial charge in [0.1, 0.15) is 0 Å². The van der Waals surface area contributed by atoms with E-state index < -0.39 is 10.7 Å². The molecule has 4 nitrogen and oxygen atoms in total. The molecule has 1 aliphatic rings. The number of aromatic carboxylic acids is 1. The molecule has 0 saturated heterocycles. The van der Waals surface area contributed by atoms with Gasteiger partial charge in [-0.15, -0.1) is 11.8 Å². The van der Waals surface area contributed by atoms with E-state index in [1.54, 1.807) is 17.0 Å². The number of rotatable bonds is 2. The molecular weight excluding hydrogens is 250 g/mol. The molecule has 0 saturated carbocycles. The van der Waals surface area contributed by atoms with E-state index in [-0.39, 0.29) is 11.5 Å². The fraction of sp³-hybridized carbons (Fsp3) is 0.385. The van der Waals surface area contributed by atoms with Gasteiger partial charge in [-0.3, -0.25) is 4.79 Å². The zero-order chi connectivity index (χ0) is 13.5. The molecular formula is C13H15NO3S. The first-order chi connectivity index (χ1) is 8.36. The van der Waals surface area contributed by atoms with E-state index in [0.717, 1.165) is 10.6 Å². The van der Waals surface area contributed by atoms with Gasteiger partial charge in [-0.05, 0) is 39.0 Å². The summed E-state index contributed by atoms with van der Waals surface area (Å²) in [5, 5.41) is 9.00. The Labute approximate surface area is 110 Å². The number of carboxylic acids is 1. The average molecular weight is 265 g/mol. The fourth-order valence-corrected chi connectivity index (χ4v) is 3.23. The number of nitrogens with zero attached hydrogens (tertiary/aromatic N) is 1. The van der Waals surface area contributed by atoms with Gasteiger partial charge in [0, 0.05) is 11.4 Å². The molecule has 0 radical (unpaired) electrons. The van der Waals surface area contributed by atoms with Crippen molar-refractivity contribution in [2.45, 2.75) is 30.4 Å². The maximum absolute atomic E-state index is 12.2. The van der Waals surface area contributed by atoms with E-state index in [9.17, 15) is 9.59 Å². The molecule has 2 rings (SSSR count). The van der Waals surface area contributed by atoms with Crippen LogP contribution in [-0.2, 0) is 4.79 Å². The molecule has 1 heterocycles. The molecule has 1 aliphatic heterocycles. The number of benzene rings is 1. The molecule has 1 aromatic rings. The van der Waals surface area contributed by atoms with E-state index in [1.165, 1.54) is 17.8 Å². The van der Waals surface area contributed by atoms with Crippen LogP contribution in [0.1, 0.15) is 31.1 Å². The van der Waals surface area contributed by atoms with E-state index in [0.29, 0.717) is 6.54 Å². The number of anilines is 1. The van der Waals surface area contributed by atoms with E-state index in [4.69, 9.17) is 5.11 Å². The van der Waals surface area contributed by atoms with Crippen LogP contribution in [0, 0.1) is 0 Å². The lowest BCUT2D eigenvalue weighted by molar-refractivity contribution is -0.120. The molecule has 1 amide bonds. The Bertz CT molecular complexity index is 525. The normalized spacial score (nSPS) is 17.5. The molecule has 96 valence electrons. The van der Waals surface area contributed by atoms with E-state index in [2.05, 4.69) is 0 Å². The zero-order valence-electron chi connectivity index (χ0n) is 10.6. The summed E-state index contributed by atoms with van der Waals surface area (Å²) in [6.45, 7) is 6.22. The smallest absolute Gasteiger partial charge is 0.335 e. The minimum absolute atomic E-state index is 0.0607. The molecule has 0 unspecified atom stereocenters. The number of carbonyl (C=O) groups excluding carboxylic acids is 1. The second-order valence-electron chi connectivity index (χ2n) is 4.65. The molecule has 0 fully saturated rings. The lowest BCUT2D eigenvalue weighted by Gasteiger charge is -2.37. The van der Waals surface area contributed by atoms with Crippen molar-refractivity contribution < 1.29 is 14.7 Å². The number of carboxylic acid groups (broad SMARTS) is 1. The maximum Gasteiger partial charge on any atom is 0.335 e. The van der Waals surface area contributed by atoms with E-state index >= 15 is 0 Å². The number of hydrogen-bond donors (Lipinski definition) is 1. The Hall–Kier alpha value is -1.49. The van der Waals surface area contributed by atoms with Gasteiger partial charge in [0.25, 0.3) is 0 Å². The van der Waals surface area contributed by atoms with Gasteiger partial charge in [0.05, 0.1) is 16.0 Å². The molecule has 5 heteroatoms. The summed E-state index contributed by atoms with van der Waals surface area (Å²) in [6, 6.07) is 4.89. The lowest BCUT2D eigenvalue weighted by Crippen LogP contribution is -2.46. The third-order valence-electron chi connectivity index (χ3n) is 2.94. The topological polar surface area (TPSA) is 57.6 Å². The minimum Gasteiger partial charge on any atom is -0.478 e. The molecule has 0 aliphatic carbocycles. The third-order valence-corrected chi connectivity index (χ3v) is 4.17. The van der Waals surface area contributed by atoms with Crippen molar-refractivity contribution in [1.29, 1.82) is 0 Å². The second kappa shape index (κ2) is 4.31. The summed E-state index contributed by atoms with van der Waals surface area (Å²) in [6.07, 6.45) is 0. The summed E-state index contributed by atoms with van der Waals surface area (Å²) < 4.78 is -0.555. The average Bonchev–Trinajstić information content (AvgIpc) is 2.29. The summed E-state index contributed by atoms with van der Waals surface area (Å²) in [5.41, 5.74) is 1.05. The number of hydrogen-bond acceptors (Lipinski definition) is 3. The van der Waals surface area contributed by atoms with Gasteiger partial charge in [0.15, 0.2) is 0 Å². The van der Waals surface area contributed by atoms with Gasteiger partial charge >= 0.3 is 5.97 Å². The summed E-state index contributed by atoms with van der Waals surface area (Å²) in [5.74, 6) is -0.887. The predicted molar refractivity (Wildman–Crippen MR) is 71.4 cm³/mol. The highest BCUT2D eigenvalue weighted by molar-refractivity contribution is 8.01. The Morgan fingerprint density at radius 3 is 2.67 bits per heavy atom. The monoisotopic (exact) mass is 265 g/mol. The van der Waals surface area contributed by atoms with Gasteiger partial charge in [-0.2, -0.15) is 0 Å². The molecule has 0 aromatic heterocycles. The second-order valence-corrected chi connectivity index (χ2v) is 6.31. The highest BCUT2D eigenvalue weighted by atomic mass is 32.2. The predicted octanol–water partition coefficient (Wildman–Crippen LogP) is 2.62. The van der Waals surface area contributed by atoms with Crippen LogP contribution < -0.4 is 4.90 Å². The summed E-state index contributed by atoms with van der Waals surface area (Å²) in [4.78, 5) is 25.8. The van der Waals surface area contributed by atoms with Crippen molar-refractivity contribution >= 4 is 29.3 Å². The Kier molecular flexibility index (Phi) is 3.11. The largest absolute Gasteiger partial charge is 0.478 e. The third kappa shape index (κ3) is 1.99. The van der Waals surface area contributed by atoms with Crippen LogP contribution in [0.25, 0.3) is 0 Å². The Morgan fingerprint density at radius 1 is 1.44 bits per heavy atom. The Morgan fingerprint density at radius 2 is 2.11 bits per heavy atom. The van der Waals surface area contributed by atoms with Crippen LogP contribution in [0.2, 0.25) is 0 Å². The maximum atomic E-state index is 12.2. The van der Waals surface area contributed by atoms with Crippen LogP contribution in [0.5, 0.6) is 0 Å². The van der Waals surface area contributed by atoms with Gasteiger partial charge in [-0.1, -0.05) is 0 Å². The molecule has 1 N–H and O–H groups in total. The molecule has 1 aromatic carbocycles. The molecule has 0 atom stereocenters. The van der Waals surface area contributed by atoms with Crippen LogP contribution in [0.3, 0.4) is 0 Å². The standard InChI is InChI=1S/C13H15NO3S/c1-4-14-9-6-5-8(11(15)16)7-10(9)18-13(2,3)12(14)17/h5-7H,4H2,1-3H3,(H,15,16). The van der Waals surface area contributed by atoms with Crippen LogP contribution in [0.4, 0.5) is 5.69 Å². The van der Waals surface area contributed by atoms with Crippen LogP contribution in [0.15, 0.2) is 23.1 Å². The first kappa shape index (κ1) is 13.0. The van der Waals surface area contributed by atoms with Crippen LogP contribution in [-0.4, -0.2) is 28.3 Å². The summed E-state index contributed by atoms with van der Waals surface area (Å²) >= 11 is 1.42. The Balaban J connectivity index is 2.55. The number of carbonyl (C=O) groups is 2. The van der Waals surface area contributed by atoms with Crippen molar-refractivity contribution in [3.8, 4) is 0 Å². The number of fused-ring (bicyclic) bond motifs is 1. The highest BCUT2D eigenvalue weighted by Gasteiger charge is 2.39. The SMILES string of the molecule is CCN1C(=O)C(C)(C)Sc2cc(C(=O)O)ccc21. The van der Waals surface area contributed by atoms with Crippen molar-refractivity contribution in [3.05, 3.63) is 23.8 Å². The van der Waals surface area contributed by atoms with Crippen molar-refractivity contribution in [2.24, 2.45) is 0 Å². The van der Waals surface area contributed by atoms with Crippen LogP contribution >= 0.6 is 11.8 Å². The first-order valence-electron chi connectivity index (χ1n) is 5.75. The van der Waals surface area contributed by atoms with Crippen molar-refractivity contribution in [3.63, 3.8) is 0 Å². The van der Waals surface area contributed by atoms with Crippen molar-refractivity contribution in [2.75, 3.05) is 11.4 Å². The summed E-state index contributed by atoms with van der Waals surface area (Å²) in [7, 11) is 0. The van der Waals surface area contributed by atoms with E-state index in [1.807, 2.05) is 20.8 Å². The number of thioether (sulfide) groups is 1. The van der Waals surface area contributed by atoms with Gasteiger partial charge in [-0.25, -0.2) is 4.79 Å². The molecule has 18 heavy (non-hydrogen) atoms.